The van der Waals surface area contributed by atoms with Crippen LogP contribution in [0.3, 0.4) is 0 Å². The number of aliphatic hydroxyl groups excluding tert-OH is 1. The summed E-state index contributed by atoms with van der Waals surface area (Å²) in [5, 5.41) is 15.5. The molecule has 0 saturated carbocycles. The summed E-state index contributed by atoms with van der Waals surface area (Å²) in [7, 11) is 0. The van der Waals surface area contributed by atoms with E-state index in [4.69, 9.17) is 4.74 Å². The minimum atomic E-state index is -0.732. The van der Waals surface area contributed by atoms with Crippen LogP contribution in [0.4, 0.5) is 4.79 Å². The Balaban J connectivity index is 2.35. The number of rotatable bonds is 8. The van der Waals surface area contributed by atoms with Gasteiger partial charge in [-0.15, -0.1) is 0 Å². The normalized spacial score (nSPS) is 12.3. The second-order valence-corrected chi connectivity index (χ2v) is 6.07. The van der Waals surface area contributed by atoms with Crippen molar-refractivity contribution in [3.63, 3.8) is 0 Å². The van der Waals surface area contributed by atoms with Crippen molar-refractivity contribution in [3.8, 4) is 5.75 Å². The largest absolute Gasteiger partial charge is 0.491 e. The van der Waals surface area contributed by atoms with Gasteiger partial charge in [-0.1, -0.05) is 26.0 Å². The SMILES string of the molecule is CC(C)CCNC(=O)NCC(O)c1ccc(OC(C)C)cc1. The van der Waals surface area contributed by atoms with Crippen LogP contribution in [-0.2, 0) is 0 Å². The van der Waals surface area contributed by atoms with E-state index in [1.807, 2.05) is 26.0 Å². The first-order chi connectivity index (χ1) is 10.4. The van der Waals surface area contributed by atoms with E-state index in [-0.39, 0.29) is 18.7 Å². The van der Waals surface area contributed by atoms with Gasteiger partial charge in [-0.2, -0.15) is 0 Å². The fourth-order valence-electron chi connectivity index (χ4n) is 1.88. The van der Waals surface area contributed by atoms with Gasteiger partial charge in [0.05, 0.1) is 12.2 Å². The van der Waals surface area contributed by atoms with Gasteiger partial charge in [-0.05, 0) is 43.9 Å². The molecule has 0 aliphatic rings. The second-order valence-electron chi connectivity index (χ2n) is 6.07. The Morgan fingerprint density at radius 2 is 1.77 bits per heavy atom. The zero-order valence-corrected chi connectivity index (χ0v) is 13.9. The lowest BCUT2D eigenvalue weighted by molar-refractivity contribution is 0.173. The van der Waals surface area contributed by atoms with Crippen LogP contribution < -0.4 is 15.4 Å². The van der Waals surface area contributed by atoms with E-state index < -0.39 is 6.10 Å². The second kappa shape index (κ2) is 9.30. The fourth-order valence-corrected chi connectivity index (χ4v) is 1.88. The van der Waals surface area contributed by atoms with Crippen LogP contribution in [0.1, 0.15) is 45.8 Å². The van der Waals surface area contributed by atoms with E-state index in [1.54, 1.807) is 12.1 Å². The van der Waals surface area contributed by atoms with Crippen LogP contribution in [0.15, 0.2) is 24.3 Å². The molecule has 2 amide bonds. The Hall–Kier alpha value is -1.75. The summed E-state index contributed by atoms with van der Waals surface area (Å²) in [4.78, 5) is 11.6. The minimum absolute atomic E-state index is 0.118. The lowest BCUT2D eigenvalue weighted by Gasteiger charge is -2.15. The van der Waals surface area contributed by atoms with Gasteiger partial charge in [0.1, 0.15) is 5.75 Å². The van der Waals surface area contributed by atoms with Crippen molar-refractivity contribution < 1.29 is 14.6 Å². The first-order valence-electron chi connectivity index (χ1n) is 7.85. The molecule has 1 unspecified atom stereocenters. The maximum Gasteiger partial charge on any atom is 0.314 e. The van der Waals surface area contributed by atoms with Crippen molar-refractivity contribution in [2.75, 3.05) is 13.1 Å². The van der Waals surface area contributed by atoms with Gasteiger partial charge in [0, 0.05) is 13.1 Å². The summed E-state index contributed by atoms with van der Waals surface area (Å²) in [6, 6.07) is 7.00. The Morgan fingerprint density at radius 1 is 1.14 bits per heavy atom. The number of urea groups is 1. The van der Waals surface area contributed by atoms with Gasteiger partial charge in [-0.3, -0.25) is 0 Å². The Kier molecular flexibility index (Phi) is 7.74. The molecule has 1 aromatic carbocycles. The van der Waals surface area contributed by atoms with Crippen molar-refractivity contribution >= 4 is 6.03 Å². The molecular weight excluding hydrogens is 280 g/mol. The van der Waals surface area contributed by atoms with E-state index in [0.717, 1.165) is 17.7 Å². The van der Waals surface area contributed by atoms with E-state index in [1.165, 1.54) is 0 Å². The summed E-state index contributed by atoms with van der Waals surface area (Å²) in [5.41, 5.74) is 0.749. The molecule has 124 valence electrons. The van der Waals surface area contributed by atoms with Crippen LogP contribution in [0.25, 0.3) is 0 Å². The van der Waals surface area contributed by atoms with E-state index in [2.05, 4.69) is 24.5 Å². The number of carbonyl (C=O) groups excluding carboxylic acids is 1. The van der Waals surface area contributed by atoms with Gasteiger partial charge in [0.2, 0.25) is 0 Å². The molecule has 0 spiro atoms. The van der Waals surface area contributed by atoms with E-state index in [0.29, 0.717) is 12.5 Å². The van der Waals surface area contributed by atoms with E-state index in [9.17, 15) is 9.90 Å². The van der Waals surface area contributed by atoms with Crippen LogP contribution >= 0.6 is 0 Å². The van der Waals surface area contributed by atoms with Crippen LogP contribution in [-0.4, -0.2) is 30.3 Å². The van der Waals surface area contributed by atoms with Crippen LogP contribution in [0.5, 0.6) is 5.75 Å². The highest BCUT2D eigenvalue weighted by molar-refractivity contribution is 5.73. The predicted octanol–water partition coefficient (Wildman–Crippen LogP) is 2.85. The minimum Gasteiger partial charge on any atom is -0.491 e. The van der Waals surface area contributed by atoms with Crippen molar-refractivity contribution in [2.45, 2.75) is 46.3 Å². The van der Waals surface area contributed by atoms with Crippen molar-refractivity contribution in [3.05, 3.63) is 29.8 Å². The van der Waals surface area contributed by atoms with Gasteiger partial charge in [0.25, 0.3) is 0 Å². The van der Waals surface area contributed by atoms with Crippen LogP contribution in [0.2, 0.25) is 0 Å². The highest BCUT2D eigenvalue weighted by atomic mass is 16.5. The molecule has 0 aliphatic heterocycles. The van der Waals surface area contributed by atoms with Crippen molar-refractivity contribution in [1.29, 1.82) is 0 Å². The molecule has 0 bridgehead atoms. The molecule has 5 nitrogen and oxygen atoms in total. The molecule has 22 heavy (non-hydrogen) atoms. The number of hydrogen-bond donors (Lipinski definition) is 3. The summed E-state index contributed by atoms with van der Waals surface area (Å²) in [5.74, 6) is 1.32. The van der Waals surface area contributed by atoms with Gasteiger partial charge >= 0.3 is 6.03 Å². The molecule has 1 aromatic rings. The van der Waals surface area contributed by atoms with Gasteiger partial charge < -0.3 is 20.5 Å². The Bertz CT molecular complexity index is 444. The number of hydrogen-bond acceptors (Lipinski definition) is 3. The zero-order chi connectivity index (χ0) is 16.5. The summed E-state index contributed by atoms with van der Waals surface area (Å²) in [6.07, 6.45) is 0.323. The number of nitrogens with one attached hydrogen (secondary N) is 2. The number of amides is 2. The number of benzene rings is 1. The summed E-state index contributed by atoms with van der Waals surface area (Å²) >= 11 is 0. The zero-order valence-electron chi connectivity index (χ0n) is 13.9. The topological polar surface area (TPSA) is 70.6 Å². The lowest BCUT2D eigenvalue weighted by atomic mass is 10.1. The molecular formula is C17H28N2O3. The third kappa shape index (κ3) is 7.31. The smallest absolute Gasteiger partial charge is 0.314 e. The van der Waals surface area contributed by atoms with Gasteiger partial charge in [0.15, 0.2) is 0 Å². The third-order valence-corrected chi connectivity index (χ3v) is 3.10. The predicted molar refractivity (Wildman–Crippen MR) is 88.0 cm³/mol. The average molecular weight is 308 g/mol. The molecule has 3 N–H and O–H groups in total. The first-order valence-corrected chi connectivity index (χ1v) is 7.85. The monoisotopic (exact) mass is 308 g/mol. The van der Waals surface area contributed by atoms with Crippen molar-refractivity contribution in [1.82, 2.24) is 10.6 Å². The standard InChI is InChI=1S/C17H28N2O3/c1-12(2)9-10-18-17(21)19-11-16(20)14-5-7-15(8-6-14)22-13(3)4/h5-8,12-13,16,20H,9-11H2,1-4H3,(H2,18,19,21). The molecule has 5 heteroatoms. The summed E-state index contributed by atoms with van der Waals surface area (Å²) < 4.78 is 5.55. The molecule has 0 aliphatic carbocycles. The van der Waals surface area contributed by atoms with Gasteiger partial charge in [-0.25, -0.2) is 4.79 Å². The fraction of sp³-hybridized carbons (Fsp3) is 0.588. The molecule has 0 radical (unpaired) electrons. The highest BCUT2D eigenvalue weighted by Gasteiger charge is 2.10. The average Bonchev–Trinajstić information content (AvgIpc) is 2.44. The van der Waals surface area contributed by atoms with E-state index >= 15 is 0 Å². The number of ether oxygens (including phenoxy) is 1. The lowest BCUT2D eigenvalue weighted by Crippen LogP contribution is -2.38. The molecule has 1 rings (SSSR count). The molecule has 0 saturated heterocycles. The Labute approximate surface area is 133 Å². The quantitative estimate of drug-likeness (QED) is 0.691. The summed E-state index contributed by atoms with van der Waals surface area (Å²) in [6.45, 7) is 8.96. The third-order valence-electron chi connectivity index (χ3n) is 3.10. The Morgan fingerprint density at radius 3 is 2.32 bits per heavy atom. The van der Waals surface area contributed by atoms with Crippen LogP contribution in [0, 0.1) is 5.92 Å². The van der Waals surface area contributed by atoms with Crippen molar-refractivity contribution in [2.24, 2.45) is 5.92 Å². The highest BCUT2D eigenvalue weighted by Crippen LogP contribution is 2.18. The molecule has 0 fully saturated rings. The number of aliphatic hydroxyl groups is 1. The maximum atomic E-state index is 11.6. The first kappa shape index (κ1) is 18.3. The maximum absolute atomic E-state index is 11.6. The number of carbonyl (C=O) groups is 1. The molecule has 0 aromatic heterocycles. The molecule has 0 heterocycles. The molecule has 1 atom stereocenters.